The smallest absolute Gasteiger partial charge is 0.0251 e. The van der Waals surface area contributed by atoms with E-state index >= 15 is 0 Å². The van der Waals surface area contributed by atoms with Gasteiger partial charge in [0.05, 0.1) is 0 Å². The number of benzene rings is 3. The maximum absolute atomic E-state index is 2.32. The lowest BCUT2D eigenvalue weighted by Crippen LogP contribution is -1.88. The standard InChI is InChI=1S/C30H34/c1-5-23-17-24(6-2)20-29(19-23)15-13-27-9-11-28(12-10-27)14-16-30-21-25(7-3)18-26(8-4)22-30/h9-22H,5-8H2,1-4H3/b15-13+,16-14+. The van der Waals surface area contributed by atoms with Crippen LogP contribution < -0.4 is 0 Å². The van der Waals surface area contributed by atoms with Gasteiger partial charge in [0.15, 0.2) is 0 Å². The first-order valence-corrected chi connectivity index (χ1v) is 11.3. The number of aryl methyl sites for hydroxylation is 4. The third kappa shape index (κ3) is 6.07. The molecule has 0 spiro atoms. The largest absolute Gasteiger partial charge is 0.0613 e. The Morgan fingerprint density at radius 3 is 0.933 bits per heavy atom. The summed E-state index contributed by atoms with van der Waals surface area (Å²) in [6.45, 7) is 8.87. The summed E-state index contributed by atoms with van der Waals surface area (Å²) in [6.07, 6.45) is 13.2. The van der Waals surface area contributed by atoms with E-state index in [-0.39, 0.29) is 0 Å². The Morgan fingerprint density at radius 2 is 0.667 bits per heavy atom. The van der Waals surface area contributed by atoms with Gasteiger partial charge in [-0.3, -0.25) is 0 Å². The third-order valence-corrected chi connectivity index (χ3v) is 5.66. The normalized spacial score (nSPS) is 11.6. The Hall–Kier alpha value is -2.86. The van der Waals surface area contributed by atoms with Crippen molar-refractivity contribution in [2.24, 2.45) is 0 Å². The Balaban J connectivity index is 1.72. The van der Waals surface area contributed by atoms with Gasteiger partial charge in [0.25, 0.3) is 0 Å². The first-order chi connectivity index (χ1) is 14.6. The van der Waals surface area contributed by atoms with Gasteiger partial charge >= 0.3 is 0 Å². The molecule has 154 valence electrons. The molecule has 0 saturated heterocycles. The molecular formula is C30H34. The molecule has 0 saturated carbocycles. The molecule has 0 aromatic heterocycles. The lowest BCUT2D eigenvalue weighted by Gasteiger charge is -2.05. The molecule has 3 aromatic carbocycles. The summed E-state index contributed by atoms with van der Waals surface area (Å²) in [7, 11) is 0. The molecule has 0 aliphatic heterocycles. The van der Waals surface area contributed by atoms with Crippen LogP contribution in [0.1, 0.15) is 72.2 Å². The molecule has 0 fully saturated rings. The number of hydrogen-bond donors (Lipinski definition) is 0. The van der Waals surface area contributed by atoms with Crippen molar-refractivity contribution in [1.82, 2.24) is 0 Å². The lowest BCUT2D eigenvalue weighted by atomic mass is 10.0. The first-order valence-electron chi connectivity index (χ1n) is 11.3. The van der Waals surface area contributed by atoms with Gasteiger partial charge in [-0.25, -0.2) is 0 Å². The van der Waals surface area contributed by atoms with Crippen molar-refractivity contribution in [1.29, 1.82) is 0 Å². The van der Waals surface area contributed by atoms with Crippen LogP contribution in [0.3, 0.4) is 0 Å². The maximum Gasteiger partial charge on any atom is -0.0251 e. The highest BCUT2D eigenvalue weighted by Gasteiger charge is 1.99. The van der Waals surface area contributed by atoms with E-state index in [9.17, 15) is 0 Å². The molecule has 0 aliphatic rings. The van der Waals surface area contributed by atoms with Crippen LogP contribution in [0.15, 0.2) is 60.7 Å². The first kappa shape index (κ1) is 21.8. The minimum absolute atomic E-state index is 1.08. The second-order valence-electron chi connectivity index (χ2n) is 7.91. The Kier molecular flexibility index (Phi) is 7.85. The second kappa shape index (κ2) is 10.8. The quantitative estimate of drug-likeness (QED) is 0.337. The van der Waals surface area contributed by atoms with Crippen molar-refractivity contribution in [3.63, 3.8) is 0 Å². The molecule has 0 atom stereocenters. The molecule has 0 unspecified atom stereocenters. The molecule has 3 rings (SSSR count). The summed E-state index contributed by atoms with van der Waals surface area (Å²) in [5.41, 5.74) is 10.7. The van der Waals surface area contributed by atoms with Crippen molar-refractivity contribution in [2.75, 3.05) is 0 Å². The van der Waals surface area contributed by atoms with Crippen LogP contribution in [0.25, 0.3) is 24.3 Å². The van der Waals surface area contributed by atoms with Crippen molar-refractivity contribution < 1.29 is 0 Å². The van der Waals surface area contributed by atoms with Crippen LogP contribution >= 0.6 is 0 Å². The molecule has 30 heavy (non-hydrogen) atoms. The topological polar surface area (TPSA) is 0 Å². The molecule has 3 aromatic rings. The van der Waals surface area contributed by atoms with E-state index < -0.39 is 0 Å². The van der Waals surface area contributed by atoms with E-state index in [1.165, 1.54) is 44.5 Å². The molecule has 0 heteroatoms. The highest BCUT2D eigenvalue weighted by Crippen LogP contribution is 2.17. The lowest BCUT2D eigenvalue weighted by molar-refractivity contribution is 1.08. The fourth-order valence-electron chi connectivity index (χ4n) is 3.69. The van der Waals surface area contributed by atoms with Gasteiger partial charge in [-0.1, -0.05) is 113 Å². The zero-order chi connectivity index (χ0) is 21.3. The summed E-state index contributed by atoms with van der Waals surface area (Å²) < 4.78 is 0. The van der Waals surface area contributed by atoms with E-state index in [1.807, 2.05) is 0 Å². The number of hydrogen-bond acceptors (Lipinski definition) is 0. The van der Waals surface area contributed by atoms with Gasteiger partial charge in [-0.05, 0) is 70.2 Å². The molecule has 0 radical (unpaired) electrons. The molecular weight excluding hydrogens is 360 g/mol. The Morgan fingerprint density at radius 1 is 0.400 bits per heavy atom. The van der Waals surface area contributed by atoms with Gasteiger partial charge in [-0.15, -0.1) is 0 Å². The van der Waals surface area contributed by atoms with E-state index in [2.05, 4.69) is 113 Å². The third-order valence-electron chi connectivity index (χ3n) is 5.66. The SMILES string of the molecule is CCc1cc(/C=C/c2ccc(/C=C/c3cc(CC)cc(CC)c3)cc2)cc(CC)c1. The molecule has 0 amide bonds. The van der Waals surface area contributed by atoms with Crippen LogP contribution in [0, 0.1) is 0 Å². The van der Waals surface area contributed by atoms with Crippen molar-refractivity contribution in [3.8, 4) is 0 Å². The van der Waals surface area contributed by atoms with E-state index in [0.717, 1.165) is 25.7 Å². The predicted octanol–water partition coefficient (Wildman–Crippen LogP) is 8.28. The monoisotopic (exact) mass is 394 g/mol. The Bertz CT molecular complexity index is 887. The zero-order valence-corrected chi connectivity index (χ0v) is 18.9. The fourth-order valence-corrected chi connectivity index (χ4v) is 3.69. The van der Waals surface area contributed by atoms with Crippen molar-refractivity contribution in [3.05, 3.63) is 105 Å². The van der Waals surface area contributed by atoms with Gasteiger partial charge < -0.3 is 0 Å². The zero-order valence-electron chi connectivity index (χ0n) is 18.9. The molecule has 0 bridgehead atoms. The van der Waals surface area contributed by atoms with Crippen molar-refractivity contribution >= 4 is 24.3 Å². The molecule has 0 nitrogen and oxygen atoms in total. The fraction of sp³-hybridized carbons (Fsp3) is 0.267. The molecule has 0 heterocycles. The van der Waals surface area contributed by atoms with Crippen LogP contribution in [0.5, 0.6) is 0 Å². The van der Waals surface area contributed by atoms with E-state index in [1.54, 1.807) is 0 Å². The summed E-state index contributed by atoms with van der Waals surface area (Å²) in [6, 6.07) is 22.6. The molecule has 0 N–H and O–H groups in total. The van der Waals surface area contributed by atoms with Gasteiger partial charge in [0, 0.05) is 0 Å². The molecule has 0 aliphatic carbocycles. The predicted molar refractivity (Wildman–Crippen MR) is 135 cm³/mol. The summed E-state index contributed by atoms with van der Waals surface area (Å²) in [5, 5.41) is 0. The summed E-state index contributed by atoms with van der Waals surface area (Å²) >= 11 is 0. The highest BCUT2D eigenvalue weighted by atomic mass is 14.0. The van der Waals surface area contributed by atoms with Crippen LogP contribution in [0.4, 0.5) is 0 Å². The minimum Gasteiger partial charge on any atom is -0.0613 e. The van der Waals surface area contributed by atoms with Gasteiger partial charge in [0.1, 0.15) is 0 Å². The van der Waals surface area contributed by atoms with Gasteiger partial charge in [-0.2, -0.15) is 0 Å². The van der Waals surface area contributed by atoms with E-state index in [4.69, 9.17) is 0 Å². The summed E-state index contributed by atoms with van der Waals surface area (Å²) in [4.78, 5) is 0. The second-order valence-corrected chi connectivity index (χ2v) is 7.91. The van der Waals surface area contributed by atoms with Crippen LogP contribution in [0.2, 0.25) is 0 Å². The highest BCUT2D eigenvalue weighted by molar-refractivity contribution is 5.73. The maximum atomic E-state index is 2.32. The Labute approximate surface area is 183 Å². The summed E-state index contributed by atoms with van der Waals surface area (Å²) in [5.74, 6) is 0. The number of rotatable bonds is 8. The average Bonchev–Trinajstić information content (AvgIpc) is 2.81. The van der Waals surface area contributed by atoms with Crippen molar-refractivity contribution in [2.45, 2.75) is 53.4 Å². The minimum atomic E-state index is 1.08. The van der Waals surface area contributed by atoms with E-state index in [0.29, 0.717) is 0 Å². The van der Waals surface area contributed by atoms with Gasteiger partial charge in [0.2, 0.25) is 0 Å². The van der Waals surface area contributed by atoms with Crippen LogP contribution in [-0.2, 0) is 25.7 Å². The average molecular weight is 395 g/mol. The van der Waals surface area contributed by atoms with Crippen LogP contribution in [-0.4, -0.2) is 0 Å².